The van der Waals surface area contributed by atoms with E-state index in [9.17, 15) is 4.79 Å². The smallest absolute Gasteiger partial charge is 0.323 e. The lowest BCUT2D eigenvalue weighted by Gasteiger charge is -2.11. The van der Waals surface area contributed by atoms with E-state index in [-0.39, 0.29) is 6.03 Å². The molecule has 7 heteroatoms. The van der Waals surface area contributed by atoms with Crippen LogP contribution in [0.5, 0.6) is 0 Å². The molecule has 150 valence electrons. The number of rotatable bonds is 6. The molecule has 0 atom stereocenters. The second kappa shape index (κ2) is 9.05. The highest BCUT2D eigenvalue weighted by Crippen LogP contribution is 2.20. The molecule has 3 rings (SSSR count). The van der Waals surface area contributed by atoms with Crippen LogP contribution < -0.4 is 21.3 Å². The van der Waals surface area contributed by atoms with Gasteiger partial charge in [-0.15, -0.1) is 0 Å². The number of aryl methyl sites for hydroxylation is 3. The molecule has 7 nitrogen and oxygen atoms in total. The summed E-state index contributed by atoms with van der Waals surface area (Å²) in [4.78, 5) is 21.0. The Morgan fingerprint density at radius 1 is 0.828 bits per heavy atom. The van der Waals surface area contributed by atoms with Crippen molar-refractivity contribution in [1.29, 1.82) is 0 Å². The molecular formula is C22H26N6O. The zero-order valence-corrected chi connectivity index (χ0v) is 17.1. The summed E-state index contributed by atoms with van der Waals surface area (Å²) in [6.45, 7) is 8.74. The van der Waals surface area contributed by atoms with E-state index < -0.39 is 0 Å². The first-order valence-corrected chi connectivity index (χ1v) is 9.55. The third-order valence-corrected chi connectivity index (χ3v) is 4.37. The van der Waals surface area contributed by atoms with Crippen molar-refractivity contribution in [3.8, 4) is 0 Å². The molecule has 0 aliphatic carbocycles. The number of aromatic nitrogens is 2. The first-order chi connectivity index (χ1) is 13.9. The van der Waals surface area contributed by atoms with Gasteiger partial charge in [-0.3, -0.25) is 0 Å². The Kier molecular flexibility index (Phi) is 6.29. The second-order valence-electron chi connectivity index (χ2n) is 6.83. The van der Waals surface area contributed by atoms with E-state index in [1.165, 1.54) is 5.56 Å². The molecule has 0 radical (unpaired) electrons. The maximum absolute atomic E-state index is 12.2. The van der Waals surface area contributed by atoms with Gasteiger partial charge in [-0.25, -0.2) is 9.78 Å². The van der Waals surface area contributed by atoms with E-state index in [0.717, 1.165) is 29.2 Å². The van der Waals surface area contributed by atoms with Crippen LogP contribution in [0.1, 0.15) is 23.7 Å². The number of benzene rings is 2. The van der Waals surface area contributed by atoms with Crippen LogP contribution in [0.3, 0.4) is 0 Å². The van der Waals surface area contributed by atoms with E-state index in [4.69, 9.17) is 0 Å². The minimum atomic E-state index is -0.282. The van der Waals surface area contributed by atoms with Crippen LogP contribution in [0.15, 0.2) is 48.5 Å². The van der Waals surface area contributed by atoms with Crippen molar-refractivity contribution in [2.45, 2.75) is 27.7 Å². The highest BCUT2D eigenvalue weighted by atomic mass is 16.2. The van der Waals surface area contributed by atoms with Crippen molar-refractivity contribution in [2.24, 2.45) is 0 Å². The molecule has 2 amide bonds. The summed E-state index contributed by atoms with van der Waals surface area (Å²) in [5, 5.41) is 12.1. The summed E-state index contributed by atoms with van der Waals surface area (Å²) in [6, 6.07) is 14.9. The van der Waals surface area contributed by atoms with Crippen LogP contribution in [0, 0.1) is 20.8 Å². The highest BCUT2D eigenvalue weighted by Gasteiger charge is 2.05. The summed E-state index contributed by atoms with van der Waals surface area (Å²) in [5.74, 6) is 1.30. The average Bonchev–Trinajstić information content (AvgIpc) is 2.66. The second-order valence-corrected chi connectivity index (χ2v) is 6.83. The molecule has 2 aromatic carbocycles. The molecule has 0 saturated carbocycles. The van der Waals surface area contributed by atoms with E-state index in [1.54, 1.807) is 0 Å². The summed E-state index contributed by atoms with van der Waals surface area (Å²) in [5.41, 5.74) is 5.53. The lowest BCUT2D eigenvalue weighted by Crippen LogP contribution is -2.19. The van der Waals surface area contributed by atoms with Crippen molar-refractivity contribution in [3.05, 3.63) is 65.4 Å². The van der Waals surface area contributed by atoms with Gasteiger partial charge in [0.2, 0.25) is 5.95 Å². The Morgan fingerprint density at radius 2 is 1.48 bits per heavy atom. The van der Waals surface area contributed by atoms with Gasteiger partial charge in [0.25, 0.3) is 0 Å². The molecule has 3 aromatic rings. The SMILES string of the molecule is CCNc1nc(C)cc(Nc2ccc(NC(=O)Nc3ccc(C)c(C)c3)cc2)n1. The van der Waals surface area contributed by atoms with Crippen molar-refractivity contribution < 1.29 is 4.79 Å². The topological polar surface area (TPSA) is 91.0 Å². The fourth-order valence-corrected chi connectivity index (χ4v) is 2.77. The third kappa shape index (κ3) is 5.68. The van der Waals surface area contributed by atoms with E-state index in [2.05, 4.69) is 31.2 Å². The van der Waals surface area contributed by atoms with Crippen molar-refractivity contribution in [3.63, 3.8) is 0 Å². The Balaban J connectivity index is 1.61. The number of nitrogens with zero attached hydrogens (tertiary/aromatic N) is 2. The summed E-state index contributed by atoms with van der Waals surface area (Å²) >= 11 is 0. The van der Waals surface area contributed by atoms with Crippen molar-refractivity contribution >= 4 is 34.9 Å². The van der Waals surface area contributed by atoms with Gasteiger partial charge in [-0.05, 0) is 75.2 Å². The summed E-state index contributed by atoms with van der Waals surface area (Å²) in [6.07, 6.45) is 0. The molecule has 0 bridgehead atoms. The van der Waals surface area contributed by atoms with Crippen LogP contribution in [-0.4, -0.2) is 22.5 Å². The highest BCUT2D eigenvalue weighted by molar-refractivity contribution is 5.99. The molecule has 0 saturated heterocycles. The van der Waals surface area contributed by atoms with Gasteiger partial charge in [0.15, 0.2) is 0 Å². The van der Waals surface area contributed by atoms with Crippen LogP contribution >= 0.6 is 0 Å². The third-order valence-electron chi connectivity index (χ3n) is 4.37. The van der Waals surface area contributed by atoms with Gasteiger partial charge < -0.3 is 21.3 Å². The quantitative estimate of drug-likeness (QED) is 0.463. The van der Waals surface area contributed by atoms with Crippen LogP contribution in [0.25, 0.3) is 0 Å². The molecule has 0 spiro atoms. The fraction of sp³-hybridized carbons (Fsp3) is 0.227. The van der Waals surface area contributed by atoms with Crippen LogP contribution in [0.2, 0.25) is 0 Å². The zero-order chi connectivity index (χ0) is 20.8. The number of carbonyl (C=O) groups excluding carboxylic acids is 1. The van der Waals surface area contributed by atoms with E-state index in [1.807, 2.05) is 76.2 Å². The monoisotopic (exact) mass is 390 g/mol. The molecule has 0 aliphatic rings. The Morgan fingerprint density at radius 3 is 2.17 bits per heavy atom. The van der Waals surface area contributed by atoms with Crippen molar-refractivity contribution in [1.82, 2.24) is 9.97 Å². The van der Waals surface area contributed by atoms with Gasteiger partial charge in [0, 0.05) is 35.4 Å². The molecule has 1 heterocycles. The minimum Gasteiger partial charge on any atom is -0.354 e. The van der Waals surface area contributed by atoms with Crippen LogP contribution in [-0.2, 0) is 0 Å². The Hall–Kier alpha value is -3.61. The molecule has 29 heavy (non-hydrogen) atoms. The Labute approximate surface area is 171 Å². The lowest BCUT2D eigenvalue weighted by molar-refractivity contribution is 0.262. The Bertz CT molecular complexity index is 1000. The zero-order valence-electron chi connectivity index (χ0n) is 17.1. The number of hydrogen-bond acceptors (Lipinski definition) is 5. The van der Waals surface area contributed by atoms with Gasteiger partial charge >= 0.3 is 6.03 Å². The van der Waals surface area contributed by atoms with Gasteiger partial charge in [0.05, 0.1) is 0 Å². The lowest BCUT2D eigenvalue weighted by atomic mass is 10.1. The number of hydrogen-bond donors (Lipinski definition) is 4. The molecule has 1 aromatic heterocycles. The van der Waals surface area contributed by atoms with Gasteiger partial charge in [0.1, 0.15) is 5.82 Å². The number of carbonyl (C=O) groups is 1. The first kappa shape index (κ1) is 20.1. The molecule has 4 N–H and O–H groups in total. The predicted octanol–water partition coefficient (Wildman–Crippen LogP) is 5.22. The van der Waals surface area contributed by atoms with E-state index in [0.29, 0.717) is 17.5 Å². The number of amides is 2. The summed E-state index contributed by atoms with van der Waals surface area (Å²) < 4.78 is 0. The maximum Gasteiger partial charge on any atom is 0.323 e. The first-order valence-electron chi connectivity index (χ1n) is 9.55. The molecule has 0 aliphatic heterocycles. The fourth-order valence-electron chi connectivity index (χ4n) is 2.77. The van der Waals surface area contributed by atoms with Crippen molar-refractivity contribution in [2.75, 3.05) is 27.8 Å². The largest absolute Gasteiger partial charge is 0.354 e. The standard InChI is InChI=1S/C22H26N6O/c1-5-23-21-24-16(4)13-20(28-21)25-17-8-10-18(11-9-17)26-22(29)27-19-7-6-14(2)15(3)12-19/h6-13H,5H2,1-4H3,(H2,26,27,29)(H2,23,24,25,28). The van der Waals surface area contributed by atoms with Gasteiger partial charge in [-0.1, -0.05) is 6.07 Å². The minimum absolute atomic E-state index is 0.282. The number of urea groups is 1. The van der Waals surface area contributed by atoms with Crippen LogP contribution in [0.4, 0.5) is 33.6 Å². The summed E-state index contributed by atoms with van der Waals surface area (Å²) in [7, 11) is 0. The number of nitrogens with one attached hydrogen (secondary N) is 4. The predicted molar refractivity (Wildman–Crippen MR) is 119 cm³/mol. The average molecular weight is 390 g/mol. The van der Waals surface area contributed by atoms with Gasteiger partial charge in [-0.2, -0.15) is 4.98 Å². The molecular weight excluding hydrogens is 364 g/mol. The maximum atomic E-state index is 12.2. The molecule has 0 fully saturated rings. The van der Waals surface area contributed by atoms with E-state index >= 15 is 0 Å². The normalized spacial score (nSPS) is 10.3. The molecule has 0 unspecified atom stereocenters. The number of anilines is 5.